The second-order valence-corrected chi connectivity index (χ2v) is 2.83. The number of nitrogens with two attached hydrogens (primary N) is 1. The molecule has 0 amide bonds. The van der Waals surface area contributed by atoms with Gasteiger partial charge in [-0.2, -0.15) is 0 Å². The van der Waals surface area contributed by atoms with Crippen LogP contribution in [-0.4, -0.2) is 25.7 Å². The minimum Gasteiger partial charge on any atom is -0.318 e. The van der Waals surface area contributed by atoms with Crippen LogP contribution < -0.4 is 16.4 Å². The number of rotatable bonds is 7. The van der Waals surface area contributed by atoms with Crippen LogP contribution in [0.2, 0.25) is 0 Å². The summed E-state index contributed by atoms with van der Waals surface area (Å²) in [6, 6.07) is 0. The van der Waals surface area contributed by atoms with Crippen LogP contribution in [0, 0.1) is 5.92 Å². The number of nitrogens with one attached hydrogen (secondary N) is 2. The molecule has 72 valence electrons. The van der Waals surface area contributed by atoms with Gasteiger partial charge in [-0.15, -0.1) is 0 Å². The van der Waals surface area contributed by atoms with Crippen LogP contribution in [0.4, 0.5) is 0 Å². The second-order valence-electron chi connectivity index (χ2n) is 2.83. The fourth-order valence-electron chi connectivity index (χ4n) is 0.748. The molecule has 4 nitrogen and oxygen atoms in total. The molecule has 0 bridgehead atoms. The van der Waals surface area contributed by atoms with Crippen molar-refractivity contribution in [2.75, 3.05) is 19.9 Å². The van der Waals surface area contributed by atoms with Crippen LogP contribution in [0.15, 0.2) is 0 Å². The number of Topliss-reactive ketones (excluding diaryl/α,β-unsaturated/α-hetero) is 1. The van der Waals surface area contributed by atoms with E-state index in [0.29, 0.717) is 19.9 Å². The number of hydrogen-bond acceptors (Lipinski definition) is 4. The zero-order chi connectivity index (χ0) is 9.40. The normalized spacial score (nSPS) is 12.9. The highest BCUT2D eigenvalue weighted by atomic mass is 16.1. The van der Waals surface area contributed by atoms with E-state index in [1.165, 1.54) is 0 Å². The highest BCUT2D eigenvalue weighted by Gasteiger charge is 2.08. The molecule has 4 heteroatoms. The van der Waals surface area contributed by atoms with Crippen molar-refractivity contribution in [1.29, 1.82) is 0 Å². The van der Waals surface area contributed by atoms with Crippen LogP contribution >= 0.6 is 0 Å². The first kappa shape index (κ1) is 11.6. The summed E-state index contributed by atoms with van der Waals surface area (Å²) >= 11 is 0. The molecule has 4 N–H and O–H groups in total. The van der Waals surface area contributed by atoms with Crippen molar-refractivity contribution in [2.45, 2.75) is 20.3 Å². The van der Waals surface area contributed by atoms with E-state index in [-0.39, 0.29) is 11.7 Å². The van der Waals surface area contributed by atoms with Gasteiger partial charge in [-0.1, -0.05) is 13.8 Å². The van der Waals surface area contributed by atoms with E-state index in [2.05, 4.69) is 10.6 Å². The molecule has 0 saturated heterocycles. The van der Waals surface area contributed by atoms with Gasteiger partial charge in [-0.3, -0.25) is 15.4 Å². The van der Waals surface area contributed by atoms with E-state index in [1.807, 2.05) is 13.8 Å². The van der Waals surface area contributed by atoms with Gasteiger partial charge in [0, 0.05) is 19.3 Å². The topological polar surface area (TPSA) is 67.2 Å². The molecule has 0 aliphatic carbocycles. The molecule has 0 rings (SSSR count). The van der Waals surface area contributed by atoms with Crippen LogP contribution in [-0.2, 0) is 4.79 Å². The average Bonchev–Trinajstić information content (AvgIpc) is 2.10. The lowest BCUT2D eigenvalue weighted by Gasteiger charge is -2.08. The smallest absolute Gasteiger partial charge is 0.149 e. The molecule has 1 unspecified atom stereocenters. The Morgan fingerprint density at radius 1 is 1.50 bits per heavy atom. The van der Waals surface area contributed by atoms with Gasteiger partial charge in [-0.25, -0.2) is 0 Å². The van der Waals surface area contributed by atoms with Crippen molar-refractivity contribution in [3.8, 4) is 0 Å². The molecule has 0 radical (unpaired) electrons. The summed E-state index contributed by atoms with van der Waals surface area (Å²) in [6.07, 6.45) is 0.908. The highest BCUT2D eigenvalue weighted by Crippen LogP contribution is 2.00. The van der Waals surface area contributed by atoms with Gasteiger partial charge in [0.05, 0.1) is 6.54 Å². The monoisotopic (exact) mass is 173 g/mol. The van der Waals surface area contributed by atoms with E-state index < -0.39 is 0 Å². The first-order chi connectivity index (χ1) is 5.72. The summed E-state index contributed by atoms with van der Waals surface area (Å²) in [5, 5.41) is 5.84. The third-order valence-electron chi connectivity index (χ3n) is 1.86. The lowest BCUT2D eigenvalue weighted by atomic mass is 10.0. The summed E-state index contributed by atoms with van der Waals surface area (Å²) in [4.78, 5) is 11.2. The zero-order valence-corrected chi connectivity index (χ0v) is 7.89. The summed E-state index contributed by atoms with van der Waals surface area (Å²) in [5.41, 5.74) is 5.20. The second kappa shape index (κ2) is 7.21. The summed E-state index contributed by atoms with van der Waals surface area (Å²) in [6.45, 7) is 5.42. The van der Waals surface area contributed by atoms with Crippen LogP contribution in [0.1, 0.15) is 20.3 Å². The van der Waals surface area contributed by atoms with Crippen molar-refractivity contribution in [3.05, 3.63) is 0 Å². The minimum absolute atomic E-state index is 0.162. The van der Waals surface area contributed by atoms with Crippen molar-refractivity contribution in [1.82, 2.24) is 10.6 Å². The summed E-state index contributed by atoms with van der Waals surface area (Å²) < 4.78 is 0. The highest BCUT2D eigenvalue weighted by molar-refractivity contribution is 5.82. The Hall–Kier alpha value is -0.450. The Kier molecular flexibility index (Phi) is 6.94. The van der Waals surface area contributed by atoms with Gasteiger partial charge in [0.15, 0.2) is 0 Å². The van der Waals surface area contributed by atoms with Crippen molar-refractivity contribution >= 4 is 5.78 Å². The van der Waals surface area contributed by atoms with Crippen molar-refractivity contribution < 1.29 is 4.79 Å². The fourth-order valence-corrected chi connectivity index (χ4v) is 0.748. The number of carbonyl (C=O) groups is 1. The molecule has 0 aliphatic rings. The van der Waals surface area contributed by atoms with Gasteiger partial charge >= 0.3 is 0 Å². The minimum atomic E-state index is 0.162. The van der Waals surface area contributed by atoms with Crippen LogP contribution in [0.5, 0.6) is 0 Å². The largest absolute Gasteiger partial charge is 0.318 e. The van der Waals surface area contributed by atoms with Crippen LogP contribution in [0.3, 0.4) is 0 Å². The lowest BCUT2D eigenvalue weighted by Crippen LogP contribution is -2.36. The van der Waals surface area contributed by atoms with Crippen molar-refractivity contribution in [3.63, 3.8) is 0 Å². The molecule has 0 fully saturated rings. The Morgan fingerprint density at radius 2 is 2.17 bits per heavy atom. The maximum Gasteiger partial charge on any atom is 0.149 e. The summed E-state index contributed by atoms with van der Waals surface area (Å²) in [7, 11) is 0. The zero-order valence-electron chi connectivity index (χ0n) is 7.89. The van der Waals surface area contributed by atoms with Gasteiger partial charge in [0.25, 0.3) is 0 Å². The molecule has 0 aliphatic heterocycles. The molecule has 12 heavy (non-hydrogen) atoms. The third-order valence-corrected chi connectivity index (χ3v) is 1.86. The van der Waals surface area contributed by atoms with Gasteiger partial charge in [-0.05, 0) is 6.42 Å². The van der Waals surface area contributed by atoms with Gasteiger partial charge < -0.3 is 5.73 Å². The number of ketones is 1. The first-order valence-corrected chi connectivity index (χ1v) is 4.36. The fraction of sp³-hybridized carbons (Fsp3) is 0.875. The molecular weight excluding hydrogens is 154 g/mol. The van der Waals surface area contributed by atoms with E-state index in [1.54, 1.807) is 0 Å². The molecule has 1 atom stereocenters. The number of carbonyl (C=O) groups excluding carboxylic acids is 1. The molecule has 0 saturated carbocycles. The predicted molar refractivity (Wildman–Crippen MR) is 49.5 cm³/mol. The molecule has 0 heterocycles. The lowest BCUT2D eigenvalue weighted by molar-refractivity contribution is -0.121. The summed E-state index contributed by atoms with van der Waals surface area (Å²) in [5.74, 6) is 0.423. The SMILES string of the molecule is CCC(C)C(=O)CNCNCN. The first-order valence-electron chi connectivity index (χ1n) is 4.36. The Bertz CT molecular complexity index is 127. The Labute approximate surface area is 73.9 Å². The molecule has 0 aromatic carbocycles. The third kappa shape index (κ3) is 5.23. The van der Waals surface area contributed by atoms with E-state index in [9.17, 15) is 4.79 Å². The molecule has 0 spiro atoms. The standard InChI is InChI=1S/C8H19N3O/c1-3-7(2)8(12)4-10-6-11-5-9/h7,10-11H,3-6,9H2,1-2H3. The maximum absolute atomic E-state index is 11.2. The molecule has 0 aromatic heterocycles. The van der Waals surface area contributed by atoms with Crippen molar-refractivity contribution in [2.24, 2.45) is 11.7 Å². The van der Waals surface area contributed by atoms with E-state index >= 15 is 0 Å². The van der Waals surface area contributed by atoms with Gasteiger partial charge in [0.2, 0.25) is 0 Å². The predicted octanol–water partition coefficient (Wildman–Crippen LogP) is -0.345. The van der Waals surface area contributed by atoms with Gasteiger partial charge in [0.1, 0.15) is 5.78 Å². The van der Waals surface area contributed by atoms with E-state index in [0.717, 1.165) is 6.42 Å². The number of hydrogen-bond donors (Lipinski definition) is 3. The van der Waals surface area contributed by atoms with E-state index in [4.69, 9.17) is 5.73 Å². The average molecular weight is 173 g/mol. The van der Waals surface area contributed by atoms with Crippen LogP contribution in [0.25, 0.3) is 0 Å². The molecular formula is C8H19N3O. The Morgan fingerprint density at radius 3 is 2.67 bits per heavy atom. The Balaban J connectivity index is 3.31. The quantitative estimate of drug-likeness (QED) is 0.364. The maximum atomic E-state index is 11.2. The molecule has 0 aromatic rings.